The van der Waals surface area contributed by atoms with E-state index in [1.807, 2.05) is 0 Å². The smallest absolute Gasteiger partial charge is 0.140 e. The Bertz CT molecular complexity index is 283. The number of oxime groups is 1. The number of nitrogens with zero attached hydrogens (tertiary/aromatic N) is 1. The molecule has 4 nitrogen and oxygen atoms in total. The second kappa shape index (κ2) is 7.73. The summed E-state index contributed by atoms with van der Waals surface area (Å²) in [5.74, 6) is 1.08. The van der Waals surface area contributed by atoms with Crippen LogP contribution in [0.2, 0.25) is 0 Å². The Hall–Kier alpha value is -0.770. The summed E-state index contributed by atoms with van der Waals surface area (Å²) in [6, 6.07) is 0.320. The van der Waals surface area contributed by atoms with Crippen molar-refractivity contribution < 1.29 is 5.21 Å². The third kappa shape index (κ3) is 5.39. The fourth-order valence-electron chi connectivity index (χ4n) is 3.46. The van der Waals surface area contributed by atoms with Crippen LogP contribution in [0.1, 0.15) is 65.7 Å². The predicted octanol–water partition coefficient (Wildman–Crippen LogP) is 3.10. The van der Waals surface area contributed by atoms with Crippen LogP contribution in [0.25, 0.3) is 0 Å². The van der Waals surface area contributed by atoms with Crippen LogP contribution in [0, 0.1) is 11.3 Å². The first kappa shape index (κ1) is 16.3. The van der Waals surface area contributed by atoms with E-state index in [-0.39, 0.29) is 0 Å². The van der Waals surface area contributed by atoms with Crippen LogP contribution in [-0.4, -0.2) is 23.6 Å². The summed E-state index contributed by atoms with van der Waals surface area (Å²) in [5.41, 5.74) is 6.09. The van der Waals surface area contributed by atoms with Gasteiger partial charge in [0.15, 0.2) is 0 Å². The highest BCUT2D eigenvalue weighted by atomic mass is 16.4. The standard InChI is InChI=1S/C15H31N3O/c1-4-13(9-14(16)18-19)17-11-15(10-12(2)3)7-5-6-8-15/h12-13,17,19H,4-11H2,1-3H3,(H2,16,18). The Morgan fingerprint density at radius 3 is 2.47 bits per heavy atom. The number of nitrogens with one attached hydrogen (secondary N) is 1. The van der Waals surface area contributed by atoms with E-state index in [2.05, 4.69) is 31.2 Å². The van der Waals surface area contributed by atoms with Crippen molar-refractivity contribution in [2.24, 2.45) is 22.2 Å². The Labute approximate surface area is 117 Å². The van der Waals surface area contributed by atoms with E-state index in [9.17, 15) is 0 Å². The molecular weight excluding hydrogens is 238 g/mol. The van der Waals surface area contributed by atoms with Crippen molar-refractivity contribution in [3.8, 4) is 0 Å². The lowest BCUT2D eigenvalue weighted by atomic mass is 9.78. The fourth-order valence-corrected chi connectivity index (χ4v) is 3.46. The largest absolute Gasteiger partial charge is 0.409 e. The maximum absolute atomic E-state index is 8.66. The number of nitrogens with two attached hydrogens (primary N) is 1. The molecule has 4 N–H and O–H groups in total. The molecule has 1 aliphatic rings. The van der Waals surface area contributed by atoms with Gasteiger partial charge in [0.05, 0.1) is 0 Å². The van der Waals surface area contributed by atoms with Gasteiger partial charge in [-0.3, -0.25) is 0 Å². The third-order valence-electron chi connectivity index (χ3n) is 4.35. The summed E-state index contributed by atoms with van der Waals surface area (Å²) < 4.78 is 0. The highest BCUT2D eigenvalue weighted by molar-refractivity contribution is 5.80. The van der Waals surface area contributed by atoms with Gasteiger partial charge in [-0.2, -0.15) is 0 Å². The summed E-state index contributed by atoms with van der Waals surface area (Å²) in [5, 5.41) is 15.4. The maximum atomic E-state index is 8.66. The van der Waals surface area contributed by atoms with Crippen molar-refractivity contribution in [2.75, 3.05) is 6.54 Å². The van der Waals surface area contributed by atoms with Gasteiger partial charge in [-0.1, -0.05) is 38.8 Å². The Kier molecular flexibility index (Phi) is 6.63. The number of rotatable bonds is 8. The molecule has 0 bridgehead atoms. The molecule has 0 aromatic rings. The first-order chi connectivity index (χ1) is 9.01. The quantitative estimate of drug-likeness (QED) is 0.274. The molecule has 1 unspecified atom stereocenters. The third-order valence-corrected chi connectivity index (χ3v) is 4.35. The number of hydrogen-bond acceptors (Lipinski definition) is 3. The molecule has 1 fully saturated rings. The number of amidine groups is 1. The summed E-state index contributed by atoms with van der Waals surface area (Å²) in [6.45, 7) is 7.84. The molecule has 1 aliphatic carbocycles. The van der Waals surface area contributed by atoms with Crippen molar-refractivity contribution in [3.63, 3.8) is 0 Å². The highest BCUT2D eigenvalue weighted by Crippen LogP contribution is 2.42. The van der Waals surface area contributed by atoms with Gasteiger partial charge in [-0.15, -0.1) is 0 Å². The van der Waals surface area contributed by atoms with Crippen LogP contribution in [0.4, 0.5) is 0 Å². The molecule has 0 aromatic carbocycles. The van der Waals surface area contributed by atoms with Crippen molar-refractivity contribution in [1.82, 2.24) is 5.32 Å². The van der Waals surface area contributed by atoms with Crippen molar-refractivity contribution in [1.29, 1.82) is 0 Å². The minimum absolute atomic E-state index is 0.320. The topological polar surface area (TPSA) is 70.6 Å². The average Bonchev–Trinajstić information content (AvgIpc) is 2.82. The molecular formula is C15H31N3O. The highest BCUT2D eigenvalue weighted by Gasteiger charge is 2.34. The second-order valence-corrected chi connectivity index (χ2v) is 6.59. The molecule has 4 heteroatoms. The van der Waals surface area contributed by atoms with Crippen molar-refractivity contribution in [3.05, 3.63) is 0 Å². The second-order valence-electron chi connectivity index (χ2n) is 6.59. The molecule has 1 rings (SSSR count). The fraction of sp³-hybridized carbons (Fsp3) is 0.933. The minimum atomic E-state index is 0.320. The zero-order chi connectivity index (χ0) is 14.3. The first-order valence-corrected chi connectivity index (χ1v) is 7.71. The van der Waals surface area contributed by atoms with Gasteiger partial charge in [-0.05, 0) is 37.0 Å². The van der Waals surface area contributed by atoms with Crippen LogP contribution in [-0.2, 0) is 0 Å². The van der Waals surface area contributed by atoms with Crippen LogP contribution >= 0.6 is 0 Å². The summed E-state index contributed by atoms with van der Waals surface area (Å²) >= 11 is 0. The van der Waals surface area contributed by atoms with Crippen LogP contribution in [0.15, 0.2) is 5.16 Å². The Balaban J connectivity index is 2.50. The van der Waals surface area contributed by atoms with Gasteiger partial charge in [0.1, 0.15) is 5.84 Å². The first-order valence-electron chi connectivity index (χ1n) is 7.71. The van der Waals surface area contributed by atoms with E-state index in [1.165, 1.54) is 32.1 Å². The zero-order valence-corrected chi connectivity index (χ0v) is 12.8. The van der Waals surface area contributed by atoms with E-state index in [0.717, 1.165) is 18.9 Å². The molecule has 1 atom stereocenters. The molecule has 19 heavy (non-hydrogen) atoms. The molecule has 0 aromatic heterocycles. The zero-order valence-electron chi connectivity index (χ0n) is 12.8. The maximum Gasteiger partial charge on any atom is 0.140 e. The Morgan fingerprint density at radius 1 is 1.37 bits per heavy atom. The van der Waals surface area contributed by atoms with Crippen molar-refractivity contribution >= 4 is 5.84 Å². The van der Waals surface area contributed by atoms with Gasteiger partial charge >= 0.3 is 0 Å². The summed E-state index contributed by atoms with van der Waals surface area (Å²) in [4.78, 5) is 0. The van der Waals surface area contributed by atoms with E-state index in [0.29, 0.717) is 23.7 Å². The van der Waals surface area contributed by atoms with E-state index >= 15 is 0 Å². The lowest BCUT2D eigenvalue weighted by Crippen LogP contribution is -2.41. The van der Waals surface area contributed by atoms with Gasteiger partial charge in [0, 0.05) is 19.0 Å². The molecule has 0 amide bonds. The average molecular weight is 269 g/mol. The Morgan fingerprint density at radius 2 is 2.00 bits per heavy atom. The van der Waals surface area contributed by atoms with Gasteiger partial charge in [0.2, 0.25) is 0 Å². The van der Waals surface area contributed by atoms with Gasteiger partial charge in [0.25, 0.3) is 0 Å². The molecule has 0 spiro atoms. The van der Waals surface area contributed by atoms with Crippen molar-refractivity contribution in [2.45, 2.75) is 71.8 Å². The SMILES string of the molecule is CCC(CC(N)=NO)NCC1(CC(C)C)CCCC1. The van der Waals surface area contributed by atoms with Gasteiger partial charge < -0.3 is 16.3 Å². The van der Waals surface area contributed by atoms with Crippen LogP contribution in [0.3, 0.4) is 0 Å². The molecule has 1 saturated carbocycles. The molecule has 0 radical (unpaired) electrons. The predicted molar refractivity (Wildman–Crippen MR) is 80.5 cm³/mol. The van der Waals surface area contributed by atoms with Crippen LogP contribution in [0.5, 0.6) is 0 Å². The molecule has 0 saturated heterocycles. The van der Waals surface area contributed by atoms with E-state index in [4.69, 9.17) is 10.9 Å². The normalized spacial score (nSPS) is 20.9. The summed E-state index contributed by atoms with van der Waals surface area (Å²) in [6.07, 6.45) is 8.37. The lowest BCUT2D eigenvalue weighted by molar-refractivity contribution is 0.214. The molecule has 112 valence electrons. The van der Waals surface area contributed by atoms with Crippen LogP contribution < -0.4 is 11.1 Å². The monoisotopic (exact) mass is 269 g/mol. The van der Waals surface area contributed by atoms with Gasteiger partial charge in [-0.25, -0.2) is 0 Å². The van der Waals surface area contributed by atoms with E-state index in [1.54, 1.807) is 0 Å². The lowest BCUT2D eigenvalue weighted by Gasteiger charge is -2.33. The summed E-state index contributed by atoms with van der Waals surface area (Å²) in [7, 11) is 0. The number of hydrogen-bond donors (Lipinski definition) is 3. The molecule has 0 heterocycles. The minimum Gasteiger partial charge on any atom is -0.409 e. The van der Waals surface area contributed by atoms with E-state index < -0.39 is 0 Å². The molecule has 0 aliphatic heterocycles.